The van der Waals surface area contributed by atoms with Gasteiger partial charge in [0.15, 0.2) is 11.5 Å². The third-order valence-electron chi connectivity index (χ3n) is 2.55. The number of guanidine groups is 1. The number of nitrogens with two attached hydrogens (primary N) is 2. The number of benzene rings is 1. The molecule has 96 valence electrons. The fraction of sp³-hybridized carbons (Fsp3) is 0.333. The van der Waals surface area contributed by atoms with Crippen LogP contribution in [0.5, 0.6) is 11.5 Å². The van der Waals surface area contributed by atoms with Crippen molar-refractivity contribution in [1.82, 2.24) is 0 Å². The molecular weight excluding hydrogens is 232 g/mol. The van der Waals surface area contributed by atoms with E-state index < -0.39 is 0 Å². The summed E-state index contributed by atoms with van der Waals surface area (Å²) in [4.78, 5) is 0. The summed E-state index contributed by atoms with van der Waals surface area (Å²) in [5.41, 5.74) is 12.4. The number of nitrogens with zero attached hydrogens (tertiary/aromatic N) is 2. The molecule has 1 aliphatic heterocycles. The Hall–Kier alpha value is -2.24. The minimum absolute atomic E-state index is 0.0302. The lowest BCUT2D eigenvalue weighted by atomic mass is 10.1. The zero-order valence-corrected chi connectivity index (χ0v) is 10.2. The van der Waals surface area contributed by atoms with E-state index in [1.807, 2.05) is 25.1 Å². The smallest absolute Gasteiger partial charge is 0.231 e. The van der Waals surface area contributed by atoms with Crippen LogP contribution in [0.4, 0.5) is 0 Å². The van der Waals surface area contributed by atoms with Crippen molar-refractivity contribution in [1.29, 1.82) is 0 Å². The molecule has 1 aromatic rings. The Morgan fingerprint density at radius 2 is 2.00 bits per heavy atom. The van der Waals surface area contributed by atoms with E-state index in [0.717, 1.165) is 30.1 Å². The molecule has 0 aromatic heterocycles. The molecule has 1 aliphatic rings. The number of rotatable bonds is 4. The van der Waals surface area contributed by atoms with E-state index in [2.05, 4.69) is 10.2 Å². The average Bonchev–Trinajstić information content (AvgIpc) is 2.81. The Kier molecular flexibility index (Phi) is 3.66. The van der Waals surface area contributed by atoms with Crippen molar-refractivity contribution >= 4 is 11.7 Å². The van der Waals surface area contributed by atoms with E-state index in [9.17, 15) is 0 Å². The van der Waals surface area contributed by atoms with E-state index in [0.29, 0.717) is 6.79 Å². The first-order valence-corrected chi connectivity index (χ1v) is 5.66. The van der Waals surface area contributed by atoms with Gasteiger partial charge in [-0.2, -0.15) is 5.10 Å². The quantitative estimate of drug-likeness (QED) is 0.472. The lowest BCUT2D eigenvalue weighted by Gasteiger charge is -2.02. The number of fused-ring (bicyclic) bond motifs is 1. The highest BCUT2D eigenvalue weighted by atomic mass is 16.7. The predicted molar refractivity (Wildman–Crippen MR) is 69.8 cm³/mol. The maximum atomic E-state index is 5.32. The fourth-order valence-corrected chi connectivity index (χ4v) is 1.61. The van der Waals surface area contributed by atoms with Gasteiger partial charge in [0.05, 0.1) is 0 Å². The third-order valence-corrected chi connectivity index (χ3v) is 2.55. The molecule has 0 amide bonds. The van der Waals surface area contributed by atoms with Crippen LogP contribution in [0.2, 0.25) is 0 Å². The molecule has 0 radical (unpaired) electrons. The van der Waals surface area contributed by atoms with Crippen molar-refractivity contribution in [3.05, 3.63) is 23.8 Å². The summed E-state index contributed by atoms with van der Waals surface area (Å²) in [7, 11) is 0. The first kappa shape index (κ1) is 12.2. The van der Waals surface area contributed by atoms with Crippen LogP contribution in [0.25, 0.3) is 0 Å². The lowest BCUT2D eigenvalue weighted by molar-refractivity contribution is 0.174. The number of aryl methyl sites for hydroxylation is 1. The summed E-state index contributed by atoms with van der Waals surface area (Å²) in [5.74, 6) is 1.56. The van der Waals surface area contributed by atoms with Crippen molar-refractivity contribution in [3.8, 4) is 11.5 Å². The highest BCUT2D eigenvalue weighted by molar-refractivity contribution is 5.83. The van der Waals surface area contributed by atoms with Gasteiger partial charge in [0.1, 0.15) is 0 Å². The van der Waals surface area contributed by atoms with Crippen molar-refractivity contribution in [2.45, 2.75) is 19.8 Å². The van der Waals surface area contributed by atoms with Crippen LogP contribution in [0, 0.1) is 0 Å². The minimum Gasteiger partial charge on any atom is -0.454 e. The van der Waals surface area contributed by atoms with Crippen LogP contribution in [0.1, 0.15) is 18.9 Å². The zero-order chi connectivity index (χ0) is 13.0. The second kappa shape index (κ2) is 5.39. The normalized spacial score (nSPS) is 13.5. The molecule has 0 fully saturated rings. The molecule has 0 saturated heterocycles. The molecule has 18 heavy (non-hydrogen) atoms. The summed E-state index contributed by atoms with van der Waals surface area (Å²) < 4.78 is 10.6. The number of ether oxygens (including phenoxy) is 2. The standard InChI is InChI=1S/C12H16N4O2/c1-8(15-16-12(13)14)2-3-9-4-5-10-11(6-9)18-7-17-10/h4-6H,2-3,7H2,1H3,(H4,13,14,16)/b15-8+. The van der Waals surface area contributed by atoms with E-state index in [1.165, 1.54) is 5.56 Å². The van der Waals surface area contributed by atoms with Gasteiger partial charge in [-0.05, 0) is 37.5 Å². The monoisotopic (exact) mass is 248 g/mol. The van der Waals surface area contributed by atoms with Crippen molar-refractivity contribution in [3.63, 3.8) is 0 Å². The van der Waals surface area contributed by atoms with Crippen LogP contribution in [0.15, 0.2) is 28.4 Å². The van der Waals surface area contributed by atoms with Gasteiger partial charge in [-0.25, -0.2) is 0 Å². The Balaban J connectivity index is 1.94. The topological polar surface area (TPSA) is 95.2 Å². The molecule has 6 nitrogen and oxygen atoms in total. The van der Waals surface area contributed by atoms with Crippen molar-refractivity contribution in [2.24, 2.45) is 21.7 Å². The van der Waals surface area contributed by atoms with Gasteiger partial charge in [-0.1, -0.05) is 6.07 Å². The zero-order valence-electron chi connectivity index (χ0n) is 10.2. The van der Waals surface area contributed by atoms with E-state index in [1.54, 1.807) is 0 Å². The predicted octanol–water partition coefficient (Wildman–Crippen LogP) is 0.997. The van der Waals surface area contributed by atoms with Crippen LogP contribution in [-0.4, -0.2) is 18.5 Å². The SMILES string of the molecule is C/C(CCc1ccc2c(c1)OCO2)=N\N=C(N)N. The average molecular weight is 248 g/mol. The Morgan fingerprint density at radius 3 is 2.78 bits per heavy atom. The highest BCUT2D eigenvalue weighted by Gasteiger charge is 2.12. The molecule has 6 heteroatoms. The Labute approximate surface area is 105 Å². The maximum absolute atomic E-state index is 5.32. The Morgan fingerprint density at radius 1 is 1.22 bits per heavy atom. The molecule has 0 atom stereocenters. The highest BCUT2D eigenvalue weighted by Crippen LogP contribution is 2.32. The molecule has 0 aliphatic carbocycles. The minimum atomic E-state index is -0.0302. The van der Waals surface area contributed by atoms with Crippen molar-refractivity contribution in [2.75, 3.05) is 6.79 Å². The molecule has 0 unspecified atom stereocenters. The molecule has 0 bridgehead atoms. The summed E-state index contributed by atoms with van der Waals surface area (Å²) in [5, 5.41) is 7.52. The second-order valence-electron chi connectivity index (χ2n) is 4.05. The number of hydrogen-bond acceptors (Lipinski definition) is 4. The molecule has 4 N–H and O–H groups in total. The van der Waals surface area contributed by atoms with Gasteiger partial charge in [-0.15, -0.1) is 5.10 Å². The lowest BCUT2D eigenvalue weighted by Crippen LogP contribution is -2.22. The molecule has 0 spiro atoms. The second-order valence-corrected chi connectivity index (χ2v) is 4.05. The third kappa shape index (κ3) is 3.13. The van der Waals surface area contributed by atoms with E-state index >= 15 is 0 Å². The summed E-state index contributed by atoms with van der Waals surface area (Å²) >= 11 is 0. The first-order chi connectivity index (χ1) is 8.65. The van der Waals surface area contributed by atoms with Gasteiger partial charge in [0, 0.05) is 5.71 Å². The molecular formula is C12H16N4O2. The van der Waals surface area contributed by atoms with Gasteiger partial charge < -0.3 is 20.9 Å². The van der Waals surface area contributed by atoms with Crippen LogP contribution >= 0.6 is 0 Å². The van der Waals surface area contributed by atoms with Gasteiger partial charge >= 0.3 is 0 Å². The van der Waals surface area contributed by atoms with Crippen LogP contribution in [0.3, 0.4) is 0 Å². The van der Waals surface area contributed by atoms with Gasteiger partial charge in [-0.3, -0.25) is 0 Å². The maximum Gasteiger partial charge on any atom is 0.231 e. The summed E-state index contributed by atoms with van der Waals surface area (Å²) in [6, 6.07) is 5.91. The summed E-state index contributed by atoms with van der Waals surface area (Å²) in [6.45, 7) is 2.18. The summed E-state index contributed by atoms with van der Waals surface area (Å²) in [6.07, 6.45) is 1.64. The first-order valence-electron chi connectivity index (χ1n) is 5.66. The van der Waals surface area contributed by atoms with Crippen LogP contribution < -0.4 is 20.9 Å². The Bertz CT molecular complexity index is 493. The fourth-order valence-electron chi connectivity index (χ4n) is 1.61. The largest absolute Gasteiger partial charge is 0.454 e. The molecule has 1 heterocycles. The van der Waals surface area contributed by atoms with Crippen molar-refractivity contribution < 1.29 is 9.47 Å². The van der Waals surface area contributed by atoms with Crippen LogP contribution in [-0.2, 0) is 6.42 Å². The van der Waals surface area contributed by atoms with E-state index in [-0.39, 0.29) is 5.96 Å². The number of hydrogen-bond donors (Lipinski definition) is 2. The van der Waals surface area contributed by atoms with E-state index in [4.69, 9.17) is 20.9 Å². The van der Waals surface area contributed by atoms with Gasteiger partial charge in [0.25, 0.3) is 0 Å². The molecule has 2 rings (SSSR count). The van der Waals surface area contributed by atoms with Gasteiger partial charge in [0.2, 0.25) is 12.8 Å². The molecule has 0 saturated carbocycles. The molecule has 1 aromatic carbocycles.